The Morgan fingerprint density at radius 2 is 1.96 bits per heavy atom. The van der Waals surface area contributed by atoms with E-state index in [-0.39, 0.29) is 6.10 Å². The van der Waals surface area contributed by atoms with Gasteiger partial charge in [-0.05, 0) is 58.0 Å². The molecule has 0 aliphatic carbocycles. The van der Waals surface area contributed by atoms with Gasteiger partial charge in [0.1, 0.15) is 5.75 Å². The molecule has 0 fully saturated rings. The van der Waals surface area contributed by atoms with Gasteiger partial charge in [-0.15, -0.1) is 11.3 Å². The Hall–Kier alpha value is -2.73. The van der Waals surface area contributed by atoms with Crippen LogP contribution >= 0.6 is 11.3 Å². The second kappa shape index (κ2) is 7.88. The van der Waals surface area contributed by atoms with E-state index in [1.54, 1.807) is 29.5 Å². The van der Waals surface area contributed by atoms with Crippen molar-refractivity contribution in [2.45, 2.75) is 40.2 Å². The number of aryl methyl sites for hydroxylation is 2. The molecule has 0 spiro atoms. The summed E-state index contributed by atoms with van der Waals surface area (Å²) >= 11 is 1.58. The van der Waals surface area contributed by atoms with Crippen molar-refractivity contribution in [3.63, 3.8) is 0 Å². The van der Waals surface area contributed by atoms with E-state index >= 15 is 0 Å². The molecule has 5 nitrogen and oxygen atoms in total. The van der Waals surface area contributed by atoms with Crippen molar-refractivity contribution in [2.24, 2.45) is 5.73 Å². The third-order valence-electron chi connectivity index (χ3n) is 4.10. The molecule has 0 radical (unpaired) electrons. The third-order valence-corrected chi connectivity index (χ3v) is 4.95. The van der Waals surface area contributed by atoms with E-state index < -0.39 is 5.91 Å². The van der Waals surface area contributed by atoms with Crippen molar-refractivity contribution in [3.05, 3.63) is 63.2 Å². The van der Waals surface area contributed by atoms with E-state index in [4.69, 9.17) is 15.5 Å². The second-order valence-corrected chi connectivity index (χ2v) is 7.68. The number of hydrogen-bond donors (Lipinski definition) is 1. The average Bonchev–Trinajstić information content (AvgIpc) is 3.04. The molecule has 3 rings (SSSR count). The summed E-state index contributed by atoms with van der Waals surface area (Å²) in [4.78, 5) is 20.8. The monoisotopic (exact) mass is 381 g/mol. The SMILES string of the molecule is Cc1ccc(-c2csc(Cc3cc(C(N)=O)ccc3OC(C)C)n2)c(C)n1. The number of rotatable bonds is 6. The molecule has 0 aliphatic rings. The Kier molecular flexibility index (Phi) is 5.56. The summed E-state index contributed by atoms with van der Waals surface area (Å²) in [7, 11) is 0. The van der Waals surface area contributed by atoms with Crippen LogP contribution in [0.15, 0.2) is 35.7 Å². The summed E-state index contributed by atoms with van der Waals surface area (Å²) in [5.41, 5.74) is 10.7. The van der Waals surface area contributed by atoms with Crippen molar-refractivity contribution in [3.8, 4) is 17.0 Å². The van der Waals surface area contributed by atoms with Gasteiger partial charge >= 0.3 is 0 Å². The van der Waals surface area contributed by atoms with Gasteiger partial charge in [0, 0.05) is 39.9 Å². The minimum absolute atomic E-state index is 0.0383. The first-order valence-corrected chi connectivity index (χ1v) is 9.70. The molecular formula is C21H23N3O2S. The Morgan fingerprint density at radius 3 is 2.63 bits per heavy atom. The maximum Gasteiger partial charge on any atom is 0.248 e. The molecule has 0 saturated heterocycles. The van der Waals surface area contributed by atoms with Crippen LogP contribution in [0.2, 0.25) is 0 Å². The van der Waals surface area contributed by atoms with Crippen LogP contribution in [0.3, 0.4) is 0 Å². The molecule has 3 aromatic rings. The molecule has 0 aliphatic heterocycles. The molecule has 2 aromatic heterocycles. The van der Waals surface area contributed by atoms with E-state index in [9.17, 15) is 4.79 Å². The lowest BCUT2D eigenvalue weighted by Crippen LogP contribution is -2.13. The largest absolute Gasteiger partial charge is 0.491 e. The van der Waals surface area contributed by atoms with Gasteiger partial charge in [-0.25, -0.2) is 4.98 Å². The first kappa shape index (κ1) is 19.0. The number of primary amides is 1. The Balaban J connectivity index is 1.92. The molecule has 0 saturated carbocycles. The van der Waals surface area contributed by atoms with Crippen LogP contribution in [0, 0.1) is 13.8 Å². The lowest BCUT2D eigenvalue weighted by Gasteiger charge is -2.14. The molecule has 1 amide bonds. The number of ether oxygens (including phenoxy) is 1. The fourth-order valence-corrected chi connectivity index (χ4v) is 3.69. The highest BCUT2D eigenvalue weighted by molar-refractivity contribution is 7.10. The molecule has 0 bridgehead atoms. The van der Waals surface area contributed by atoms with E-state index in [2.05, 4.69) is 11.1 Å². The molecule has 0 unspecified atom stereocenters. The number of nitrogens with two attached hydrogens (primary N) is 1. The summed E-state index contributed by atoms with van der Waals surface area (Å²) in [6.45, 7) is 7.92. The summed E-state index contributed by atoms with van der Waals surface area (Å²) in [5, 5.41) is 2.98. The van der Waals surface area contributed by atoms with Crippen molar-refractivity contribution < 1.29 is 9.53 Å². The molecule has 1 aromatic carbocycles. The van der Waals surface area contributed by atoms with Crippen LogP contribution in [0.25, 0.3) is 11.3 Å². The molecule has 6 heteroatoms. The number of amides is 1. The van der Waals surface area contributed by atoms with Crippen LogP contribution in [0.5, 0.6) is 5.75 Å². The molecule has 2 heterocycles. The third kappa shape index (κ3) is 4.52. The number of pyridine rings is 1. The van der Waals surface area contributed by atoms with Gasteiger partial charge in [-0.3, -0.25) is 9.78 Å². The Bertz CT molecular complexity index is 979. The van der Waals surface area contributed by atoms with Gasteiger partial charge < -0.3 is 10.5 Å². The van der Waals surface area contributed by atoms with Crippen molar-refractivity contribution in [1.82, 2.24) is 9.97 Å². The number of aromatic nitrogens is 2. The minimum atomic E-state index is -0.450. The zero-order chi connectivity index (χ0) is 19.6. The quantitative estimate of drug-likeness (QED) is 0.690. The van der Waals surface area contributed by atoms with Crippen LogP contribution in [0.4, 0.5) is 0 Å². The number of carbonyl (C=O) groups excluding carboxylic acids is 1. The van der Waals surface area contributed by atoms with Gasteiger partial charge in [0.25, 0.3) is 0 Å². The van der Waals surface area contributed by atoms with E-state index in [0.29, 0.717) is 12.0 Å². The maximum atomic E-state index is 11.6. The number of benzene rings is 1. The fourth-order valence-electron chi connectivity index (χ4n) is 2.88. The van der Waals surface area contributed by atoms with Crippen LogP contribution < -0.4 is 10.5 Å². The molecule has 140 valence electrons. The summed E-state index contributed by atoms with van der Waals surface area (Å²) in [5.74, 6) is 0.300. The van der Waals surface area contributed by atoms with Crippen LogP contribution in [-0.4, -0.2) is 22.0 Å². The van der Waals surface area contributed by atoms with Crippen molar-refractivity contribution in [1.29, 1.82) is 0 Å². The van der Waals surface area contributed by atoms with Gasteiger partial charge in [-0.1, -0.05) is 0 Å². The summed E-state index contributed by atoms with van der Waals surface area (Å²) in [6.07, 6.45) is 0.614. The van der Waals surface area contributed by atoms with E-state index in [0.717, 1.165) is 39.0 Å². The predicted octanol–water partition coefficient (Wildman–Crippen LogP) is 4.30. The van der Waals surface area contributed by atoms with Gasteiger partial charge in [0.15, 0.2) is 0 Å². The van der Waals surface area contributed by atoms with Crippen molar-refractivity contribution >= 4 is 17.2 Å². The smallest absolute Gasteiger partial charge is 0.248 e. The van der Waals surface area contributed by atoms with Gasteiger partial charge in [0.05, 0.1) is 16.8 Å². The van der Waals surface area contributed by atoms with Crippen LogP contribution in [0.1, 0.15) is 46.2 Å². The molecular weight excluding hydrogens is 358 g/mol. The van der Waals surface area contributed by atoms with E-state index in [1.165, 1.54) is 0 Å². The predicted molar refractivity (Wildman–Crippen MR) is 108 cm³/mol. The number of thiazole rings is 1. The number of carbonyl (C=O) groups is 1. The highest BCUT2D eigenvalue weighted by Gasteiger charge is 2.14. The first-order valence-electron chi connectivity index (χ1n) is 8.82. The summed E-state index contributed by atoms with van der Waals surface area (Å²) in [6, 6.07) is 9.33. The zero-order valence-corrected chi connectivity index (χ0v) is 16.8. The fraction of sp³-hybridized carbons (Fsp3) is 0.286. The standard InChI is InChI=1S/C21H23N3O2S/c1-12(2)26-19-8-6-15(21(22)25)9-16(19)10-20-24-18(11-27-20)17-7-5-13(3)23-14(17)4/h5-9,11-12H,10H2,1-4H3,(H2,22,25). The molecule has 2 N–H and O–H groups in total. The topological polar surface area (TPSA) is 78.1 Å². The number of hydrogen-bond acceptors (Lipinski definition) is 5. The maximum absolute atomic E-state index is 11.6. The lowest BCUT2D eigenvalue weighted by molar-refractivity contribution is 0.1000. The lowest BCUT2D eigenvalue weighted by atomic mass is 10.1. The first-order chi connectivity index (χ1) is 12.8. The zero-order valence-electron chi connectivity index (χ0n) is 15.9. The highest BCUT2D eigenvalue weighted by Crippen LogP contribution is 2.29. The average molecular weight is 382 g/mol. The highest BCUT2D eigenvalue weighted by atomic mass is 32.1. The van der Waals surface area contributed by atoms with Gasteiger partial charge in [0.2, 0.25) is 5.91 Å². The Labute approximate surface area is 163 Å². The Morgan fingerprint density at radius 1 is 1.19 bits per heavy atom. The minimum Gasteiger partial charge on any atom is -0.491 e. The van der Waals surface area contributed by atoms with E-state index in [1.807, 2.05) is 39.1 Å². The van der Waals surface area contributed by atoms with Crippen molar-refractivity contribution in [2.75, 3.05) is 0 Å². The summed E-state index contributed by atoms with van der Waals surface area (Å²) < 4.78 is 5.89. The normalized spacial score (nSPS) is 11.0. The second-order valence-electron chi connectivity index (χ2n) is 6.74. The van der Waals surface area contributed by atoms with Gasteiger partial charge in [-0.2, -0.15) is 0 Å². The molecule has 0 atom stereocenters. The molecule has 27 heavy (non-hydrogen) atoms. The van der Waals surface area contributed by atoms with Crippen LogP contribution in [-0.2, 0) is 6.42 Å². The number of nitrogens with zero attached hydrogens (tertiary/aromatic N) is 2.